The fraction of sp³-hybridized carbons (Fsp3) is 0.351. The van der Waals surface area contributed by atoms with Crippen molar-refractivity contribution in [2.75, 3.05) is 0 Å². The second-order valence-electron chi connectivity index (χ2n) is 12.0. The van der Waals surface area contributed by atoms with Crippen molar-refractivity contribution in [3.63, 3.8) is 0 Å². The maximum absolute atomic E-state index is 15.2. The van der Waals surface area contributed by atoms with Crippen LogP contribution in [0.5, 0.6) is 5.75 Å². The van der Waals surface area contributed by atoms with Crippen molar-refractivity contribution in [1.82, 2.24) is 0 Å². The molecule has 0 amide bonds. The Kier molecular flexibility index (Phi) is 10.4. The summed E-state index contributed by atoms with van der Waals surface area (Å²) in [4.78, 5) is 0. The number of hydrogen-bond donors (Lipinski definition) is 0. The molecule has 4 aromatic carbocycles. The molecule has 0 saturated heterocycles. The van der Waals surface area contributed by atoms with Gasteiger partial charge in [0.1, 0.15) is 47.1 Å². The van der Waals surface area contributed by atoms with Crippen molar-refractivity contribution in [3.05, 3.63) is 113 Å². The van der Waals surface area contributed by atoms with Crippen LogP contribution in [0, 0.1) is 35.0 Å². The van der Waals surface area contributed by atoms with Gasteiger partial charge in [0.05, 0.1) is 0 Å². The summed E-state index contributed by atoms with van der Waals surface area (Å²) in [5, 5.41) is 0. The first-order chi connectivity index (χ1) is 22.0. The molecule has 9 heteroatoms. The summed E-state index contributed by atoms with van der Waals surface area (Å²) < 4.78 is 121. The Bertz CT molecular complexity index is 1650. The van der Waals surface area contributed by atoms with E-state index >= 15 is 22.0 Å². The monoisotopic (exact) mass is 646 g/mol. The van der Waals surface area contributed by atoms with E-state index in [9.17, 15) is 13.2 Å². The molecule has 5 rings (SSSR count). The third-order valence-corrected chi connectivity index (χ3v) is 8.87. The zero-order valence-corrected chi connectivity index (χ0v) is 25.3. The van der Waals surface area contributed by atoms with Crippen LogP contribution in [0.2, 0.25) is 0 Å². The molecule has 1 fully saturated rings. The SMILES string of the molecule is CCCCCC1CCC(c2ccc(-c3cc(F)c(C(F)(F)Oc4ccc(-c5ccc(CF)c(F)c5)c(F)c4)c(F)c3)c(F)c2)CC1. The molecule has 0 atom stereocenters. The minimum atomic E-state index is -4.58. The van der Waals surface area contributed by atoms with Gasteiger partial charge in [0.2, 0.25) is 0 Å². The topological polar surface area (TPSA) is 9.23 Å². The summed E-state index contributed by atoms with van der Waals surface area (Å²) in [6.07, 6.45) is 4.24. The third-order valence-electron chi connectivity index (χ3n) is 8.87. The maximum atomic E-state index is 15.2. The molecule has 0 N–H and O–H groups in total. The summed E-state index contributed by atoms with van der Waals surface area (Å²) in [6, 6.07) is 11.5. The summed E-state index contributed by atoms with van der Waals surface area (Å²) in [7, 11) is 0. The minimum Gasteiger partial charge on any atom is -0.429 e. The van der Waals surface area contributed by atoms with Crippen LogP contribution in [0.25, 0.3) is 22.3 Å². The first kappa shape index (κ1) is 33.5. The van der Waals surface area contributed by atoms with Gasteiger partial charge in [-0.15, -0.1) is 0 Å². The Hall–Kier alpha value is -3.88. The molecule has 0 bridgehead atoms. The second kappa shape index (κ2) is 14.3. The molecular formula is C37H34F8O. The van der Waals surface area contributed by atoms with Crippen LogP contribution in [0.15, 0.2) is 66.7 Å². The molecule has 1 nitrogen and oxygen atoms in total. The van der Waals surface area contributed by atoms with Crippen molar-refractivity contribution < 1.29 is 39.9 Å². The van der Waals surface area contributed by atoms with Crippen LogP contribution in [0.1, 0.15) is 80.9 Å². The third kappa shape index (κ3) is 7.39. The van der Waals surface area contributed by atoms with Crippen molar-refractivity contribution in [2.45, 2.75) is 77.0 Å². The molecular weight excluding hydrogens is 612 g/mol. The van der Waals surface area contributed by atoms with Crippen molar-refractivity contribution in [1.29, 1.82) is 0 Å². The molecule has 1 aliphatic carbocycles. The standard InChI is InChI=1S/C37H34F8O/c1-2-3-4-5-22-6-8-23(9-7-22)24-12-14-30(32(40)16-24)27-18-34(42)36(35(43)19-27)37(44,45)46-28-13-15-29(33(41)20-28)25-10-11-26(21-38)31(39)17-25/h10-20,22-23H,2-9,21H2,1H3. The van der Waals surface area contributed by atoms with E-state index in [4.69, 9.17) is 0 Å². The van der Waals surface area contributed by atoms with Gasteiger partial charge in [-0.25, -0.2) is 26.3 Å². The minimum absolute atomic E-state index is 0.0173. The highest BCUT2D eigenvalue weighted by Crippen LogP contribution is 2.41. The van der Waals surface area contributed by atoms with Gasteiger partial charge >= 0.3 is 6.11 Å². The van der Waals surface area contributed by atoms with Gasteiger partial charge in [-0.1, -0.05) is 56.9 Å². The number of hydrogen-bond acceptors (Lipinski definition) is 1. The van der Waals surface area contributed by atoms with Crippen molar-refractivity contribution in [2.24, 2.45) is 5.92 Å². The molecule has 0 spiro atoms. The molecule has 46 heavy (non-hydrogen) atoms. The number of alkyl halides is 3. The Morgan fingerprint density at radius 1 is 0.674 bits per heavy atom. The number of halogens is 8. The molecule has 0 heterocycles. The predicted molar refractivity (Wildman–Crippen MR) is 162 cm³/mol. The molecule has 1 saturated carbocycles. The van der Waals surface area contributed by atoms with Gasteiger partial charge in [-0.2, -0.15) is 8.78 Å². The van der Waals surface area contributed by atoms with E-state index in [-0.39, 0.29) is 33.7 Å². The Morgan fingerprint density at radius 3 is 1.91 bits per heavy atom. The lowest BCUT2D eigenvalue weighted by atomic mass is 9.77. The zero-order valence-electron chi connectivity index (χ0n) is 25.3. The molecule has 0 aliphatic heterocycles. The average Bonchev–Trinajstić information content (AvgIpc) is 3.01. The summed E-state index contributed by atoms with van der Waals surface area (Å²) >= 11 is 0. The van der Waals surface area contributed by atoms with Gasteiger partial charge in [0.15, 0.2) is 0 Å². The Balaban J connectivity index is 1.30. The van der Waals surface area contributed by atoms with Gasteiger partial charge < -0.3 is 4.74 Å². The molecule has 0 aromatic heterocycles. The first-order valence-corrected chi connectivity index (χ1v) is 15.5. The smallest absolute Gasteiger partial charge is 0.429 e. The average molecular weight is 647 g/mol. The van der Waals surface area contributed by atoms with E-state index in [1.54, 1.807) is 6.07 Å². The number of benzene rings is 4. The first-order valence-electron chi connectivity index (χ1n) is 15.5. The van der Waals surface area contributed by atoms with Gasteiger partial charge in [0, 0.05) is 22.8 Å². The van der Waals surface area contributed by atoms with Gasteiger partial charge in [-0.05, 0) is 90.6 Å². The van der Waals surface area contributed by atoms with Crippen LogP contribution >= 0.6 is 0 Å². The van der Waals surface area contributed by atoms with E-state index in [1.807, 2.05) is 0 Å². The van der Waals surface area contributed by atoms with Gasteiger partial charge in [-0.3, -0.25) is 0 Å². The van der Waals surface area contributed by atoms with Gasteiger partial charge in [0.25, 0.3) is 0 Å². The van der Waals surface area contributed by atoms with Crippen LogP contribution in [-0.4, -0.2) is 0 Å². The highest BCUT2D eigenvalue weighted by atomic mass is 19.3. The van der Waals surface area contributed by atoms with Crippen LogP contribution in [0.4, 0.5) is 35.1 Å². The Morgan fingerprint density at radius 2 is 1.30 bits per heavy atom. The molecule has 1 aliphatic rings. The highest BCUT2D eigenvalue weighted by Gasteiger charge is 2.41. The second-order valence-corrected chi connectivity index (χ2v) is 12.0. The largest absolute Gasteiger partial charge is 0.432 e. The molecule has 0 radical (unpaired) electrons. The molecule has 244 valence electrons. The number of unbranched alkanes of at least 4 members (excludes halogenated alkanes) is 2. The van der Waals surface area contributed by atoms with E-state index in [0.717, 1.165) is 55.5 Å². The fourth-order valence-electron chi connectivity index (χ4n) is 6.31. The lowest BCUT2D eigenvalue weighted by molar-refractivity contribution is -0.189. The normalized spacial score (nSPS) is 16.9. The molecule has 4 aromatic rings. The molecule has 0 unspecified atom stereocenters. The number of ether oxygens (including phenoxy) is 1. The van der Waals surface area contributed by atoms with Crippen molar-refractivity contribution in [3.8, 4) is 28.0 Å². The fourth-order valence-corrected chi connectivity index (χ4v) is 6.31. The zero-order chi connectivity index (χ0) is 33.0. The van der Waals surface area contributed by atoms with E-state index in [0.29, 0.717) is 24.1 Å². The predicted octanol–water partition coefficient (Wildman–Crippen LogP) is 12.2. The lowest BCUT2D eigenvalue weighted by Crippen LogP contribution is -2.25. The summed E-state index contributed by atoms with van der Waals surface area (Å²) in [5.41, 5.74) is -1.74. The number of rotatable bonds is 11. The van der Waals surface area contributed by atoms with E-state index < -0.39 is 53.2 Å². The van der Waals surface area contributed by atoms with E-state index in [2.05, 4.69) is 11.7 Å². The highest BCUT2D eigenvalue weighted by molar-refractivity contribution is 5.66. The maximum Gasteiger partial charge on any atom is 0.432 e. The van der Waals surface area contributed by atoms with Crippen LogP contribution in [0.3, 0.4) is 0 Å². The van der Waals surface area contributed by atoms with E-state index in [1.165, 1.54) is 43.9 Å². The van der Waals surface area contributed by atoms with Crippen LogP contribution < -0.4 is 4.74 Å². The van der Waals surface area contributed by atoms with Crippen LogP contribution in [-0.2, 0) is 12.8 Å². The lowest BCUT2D eigenvalue weighted by Gasteiger charge is -2.29. The quantitative estimate of drug-likeness (QED) is 0.116. The van der Waals surface area contributed by atoms with Crippen molar-refractivity contribution >= 4 is 0 Å². The summed E-state index contributed by atoms with van der Waals surface area (Å²) in [6.45, 7) is 1.11. The summed E-state index contributed by atoms with van der Waals surface area (Å²) in [5.74, 6) is -5.97. The Labute approximate surface area is 263 Å².